The standard InChI is InChI=1S/C16H17BrN4O4/c17-13-9-12(10-19-20-15(22)3-4-18)1-2-14(13)25-11-16(23)21-5-7-24-8-6-21/h1-2,9-10H,3,5-8,11H2,(H,20,22)/b19-10-. The number of nitrogens with zero attached hydrogens (tertiary/aromatic N) is 3. The lowest BCUT2D eigenvalue weighted by atomic mass is 10.2. The lowest BCUT2D eigenvalue weighted by Gasteiger charge is -2.26. The number of amides is 2. The van der Waals surface area contributed by atoms with Gasteiger partial charge >= 0.3 is 0 Å². The number of benzene rings is 1. The molecule has 1 fully saturated rings. The Morgan fingerprint density at radius 3 is 2.88 bits per heavy atom. The minimum atomic E-state index is -0.473. The van der Waals surface area contributed by atoms with Gasteiger partial charge in [-0.2, -0.15) is 10.4 Å². The Bertz CT molecular complexity index is 696. The number of nitrogens with one attached hydrogen (secondary N) is 1. The van der Waals surface area contributed by atoms with Crippen molar-refractivity contribution < 1.29 is 19.1 Å². The fraction of sp³-hybridized carbons (Fsp3) is 0.375. The average Bonchev–Trinajstić information content (AvgIpc) is 2.62. The molecule has 1 aromatic rings. The van der Waals surface area contributed by atoms with Gasteiger partial charge in [0.05, 0.1) is 30.0 Å². The summed E-state index contributed by atoms with van der Waals surface area (Å²) in [5, 5.41) is 12.1. The van der Waals surface area contributed by atoms with Crippen LogP contribution >= 0.6 is 15.9 Å². The Morgan fingerprint density at radius 2 is 2.20 bits per heavy atom. The first-order valence-corrected chi connectivity index (χ1v) is 8.36. The van der Waals surface area contributed by atoms with Crippen LogP contribution in [0.25, 0.3) is 0 Å². The number of carbonyl (C=O) groups excluding carboxylic acids is 2. The molecule has 0 unspecified atom stereocenters. The van der Waals surface area contributed by atoms with Gasteiger partial charge in [0.2, 0.25) is 0 Å². The van der Waals surface area contributed by atoms with Crippen LogP contribution in [0.5, 0.6) is 5.75 Å². The number of nitriles is 1. The number of hydrogen-bond acceptors (Lipinski definition) is 6. The molecular formula is C16H17BrN4O4. The van der Waals surface area contributed by atoms with E-state index in [1.54, 1.807) is 29.2 Å². The van der Waals surface area contributed by atoms with E-state index in [0.717, 1.165) is 5.56 Å². The van der Waals surface area contributed by atoms with E-state index in [0.29, 0.717) is 36.5 Å². The number of halogens is 1. The lowest BCUT2D eigenvalue weighted by molar-refractivity contribution is -0.137. The Labute approximate surface area is 153 Å². The Kier molecular flexibility index (Phi) is 7.37. The molecule has 2 rings (SSSR count). The van der Waals surface area contributed by atoms with Crippen LogP contribution in [0.4, 0.5) is 0 Å². The third-order valence-electron chi connectivity index (χ3n) is 3.31. The van der Waals surface area contributed by atoms with Gasteiger partial charge in [-0.3, -0.25) is 9.59 Å². The summed E-state index contributed by atoms with van der Waals surface area (Å²) in [5.41, 5.74) is 2.96. The van der Waals surface area contributed by atoms with Crippen molar-refractivity contribution >= 4 is 34.0 Å². The highest BCUT2D eigenvalue weighted by Gasteiger charge is 2.17. The predicted molar refractivity (Wildman–Crippen MR) is 93.0 cm³/mol. The average molecular weight is 409 g/mol. The molecule has 0 bridgehead atoms. The first kappa shape index (κ1) is 18.9. The van der Waals surface area contributed by atoms with Gasteiger partial charge in [0.15, 0.2) is 6.61 Å². The molecule has 1 N–H and O–H groups in total. The van der Waals surface area contributed by atoms with Gasteiger partial charge in [0.1, 0.15) is 12.2 Å². The maximum absolute atomic E-state index is 12.1. The first-order chi connectivity index (χ1) is 12.1. The zero-order chi connectivity index (χ0) is 18.1. The molecule has 0 spiro atoms. The molecule has 1 aliphatic rings. The van der Waals surface area contributed by atoms with E-state index >= 15 is 0 Å². The summed E-state index contributed by atoms with van der Waals surface area (Å²) in [7, 11) is 0. The van der Waals surface area contributed by atoms with Crippen molar-refractivity contribution in [1.82, 2.24) is 10.3 Å². The molecule has 8 nitrogen and oxygen atoms in total. The van der Waals surface area contributed by atoms with Crippen molar-refractivity contribution in [3.63, 3.8) is 0 Å². The molecule has 1 saturated heterocycles. The van der Waals surface area contributed by atoms with E-state index in [1.807, 2.05) is 0 Å². The molecular weight excluding hydrogens is 392 g/mol. The highest BCUT2D eigenvalue weighted by atomic mass is 79.9. The molecule has 25 heavy (non-hydrogen) atoms. The van der Waals surface area contributed by atoms with Gasteiger partial charge in [-0.1, -0.05) is 0 Å². The fourth-order valence-electron chi connectivity index (χ4n) is 2.05. The summed E-state index contributed by atoms with van der Waals surface area (Å²) in [4.78, 5) is 24.9. The number of morpholine rings is 1. The van der Waals surface area contributed by atoms with Gasteiger partial charge in [0.25, 0.3) is 11.8 Å². The minimum absolute atomic E-state index is 0.0454. The van der Waals surface area contributed by atoms with Gasteiger partial charge in [-0.25, -0.2) is 5.43 Å². The summed E-state index contributed by atoms with van der Waals surface area (Å²) in [6.45, 7) is 2.21. The molecule has 0 aliphatic carbocycles. The number of hydrogen-bond donors (Lipinski definition) is 1. The van der Waals surface area contributed by atoms with Crippen LogP contribution in [0.15, 0.2) is 27.8 Å². The van der Waals surface area contributed by atoms with Crippen molar-refractivity contribution in [2.24, 2.45) is 5.10 Å². The van der Waals surface area contributed by atoms with Crippen LogP contribution in [0.1, 0.15) is 12.0 Å². The van der Waals surface area contributed by atoms with Crippen molar-refractivity contribution in [2.75, 3.05) is 32.9 Å². The SMILES string of the molecule is N#CCC(=O)N/N=C\c1ccc(OCC(=O)N2CCOCC2)c(Br)c1. The summed E-state index contributed by atoms with van der Waals surface area (Å²) in [6.07, 6.45) is 1.20. The molecule has 0 aromatic heterocycles. The van der Waals surface area contributed by atoms with Crippen LogP contribution in [0.2, 0.25) is 0 Å². The van der Waals surface area contributed by atoms with E-state index in [2.05, 4.69) is 26.5 Å². The summed E-state index contributed by atoms with van der Waals surface area (Å²) < 4.78 is 11.4. The largest absolute Gasteiger partial charge is 0.483 e. The van der Waals surface area contributed by atoms with E-state index in [4.69, 9.17) is 14.7 Å². The van der Waals surface area contributed by atoms with E-state index in [9.17, 15) is 9.59 Å². The number of carbonyl (C=O) groups is 2. The molecule has 1 heterocycles. The normalized spacial score (nSPS) is 14.2. The number of hydrazone groups is 1. The highest BCUT2D eigenvalue weighted by molar-refractivity contribution is 9.10. The first-order valence-electron chi connectivity index (χ1n) is 7.57. The van der Waals surface area contributed by atoms with E-state index in [1.165, 1.54) is 6.21 Å². The second-order valence-corrected chi connectivity index (χ2v) is 5.95. The Hall–Kier alpha value is -2.44. The zero-order valence-electron chi connectivity index (χ0n) is 13.4. The van der Waals surface area contributed by atoms with Gasteiger partial charge in [0, 0.05) is 13.1 Å². The Morgan fingerprint density at radius 1 is 1.44 bits per heavy atom. The van der Waals surface area contributed by atoms with Gasteiger partial charge in [-0.05, 0) is 39.7 Å². The summed E-state index contributed by atoms with van der Waals surface area (Å²) >= 11 is 3.38. The van der Waals surface area contributed by atoms with Crippen LogP contribution in [0.3, 0.4) is 0 Å². The van der Waals surface area contributed by atoms with Crippen LogP contribution in [0, 0.1) is 11.3 Å². The van der Waals surface area contributed by atoms with Crippen molar-refractivity contribution in [3.8, 4) is 11.8 Å². The zero-order valence-corrected chi connectivity index (χ0v) is 15.0. The molecule has 0 radical (unpaired) electrons. The molecule has 9 heteroatoms. The predicted octanol–water partition coefficient (Wildman–Crippen LogP) is 1.05. The second kappa shape index (κ2) is 9.76. The molecule has 1 aromatic carbocycles. The molecule has 2 amide bonds. The molecule has 1 aliphatic heterocycles. The highest BCUT2D eigenvalue weighted by Crippen LogP contribution is 2.25. The molecule has 0 atom stereocenters. The minimum Gasteiger partial charge on any atom is -0.483 e. The smallest absolute Gasteiger partial charge is 0.260 e. The maximum Gasteiger partial charge on any atom is 0.260 e. The fourth-order valence-corrected chi connectivity index (χ4v) is 2.56. The van der Waals surface area contributed by atoms with Gasteiger partial charge < -0.3 is 14.4 Å². The van der Waals surface area contributed by atoms with Crippen LogP contribution in [-0.2, 0) is 14.3 Å². The summed E-state index contributed by atoms with van der Waals surface area (Å²) in [6, 6.07) is 6.92. The number of ether oxygens (including phenoxy) is 2. The van der Waals surface area contributed by atoms with Crippen molar-refractivity contribution in [3.05, 3.63) is 28.2 Å². The maximum atomic E-state index is 12.1. The summed E-state index contributed by atoms with van der Waals surface area (Å²) in [5.74, 6) is -0.0206. The van der Waals surface area contributed by atoms with Crippen LogP contribution in [-0.4, -0.2) is 55.8 Å². The quantitative estimate of drug-likeness (QED) is 0.559. The molecule has 132 valence electrons. The van der Waals surface area contributed by atoms with Crippen molar-refractivity contribution in [1.29, 1.82) is 5.26 Å². The third-order valence-corrected chi connectivity index (χ3v) is 3.93. The van der Waals surface area contributed by atoms with Gasteiger partial charge in [-0.15, -0.1) is 0 Å². The number of rotatable bonds is 6. The molecule has 0 saturated carbocycles. The van der Waals surface area contributed by atoms with E-state index in [-0.39, 0.29) is 18.9 Å². The van der Waals surface area contributed by atoms with E-state index < -0.39 is 5.91 Å². The monoisotopic (exact) mass is 408 g/mol. The van der Waals surface area contributed by atoms with Crippen molar-refractivity contribution in [2.45, 2.75) is 6.42 Å². The lowest BCUT2D eigenvalue weighted by Crippen LogP contribution is -2.43. The second-order valence-electron chi connectivity index (χ2n) is 5.10. The Balaban J connectivity index is 1.86. The topological polar surface area (TPSA) is 104 Å². The van der Waals surface area contributed by atoms with Crippen LogP contribution < -0.4 is 10.2 Å². The third kappa shape index (κ3) is 6.17.